The highest BCUT2D eigenvalue weighted by atomic mass is 79.9. The molecule has 0 aliphatic heterocycles. The summed E-state index contributed by atoms with van der Waals surface area (Å²) in [6.07, 6.45) is 6.79. The molecule has 16 heavy (non-hydrogen) atoms. The molecule has 1 aliphatic carbocycles. The van der Waals surface area contributed by atoms with Crippen LogP contribution in [0.5, 0.6) is 0 Å². The van der Waals surface area contributed by atoms with Crippen molar-refractivity contribution in [2.45, 2.75) is 58.4 Å². The van der Waals surface area contributed by atoms with Crippen LogP contribution in [0.1, 0.15) is 52.4 Å². The fraction of sp³-hybridized carbons (Fsp3) is 0.923. The zero-order valence-corrected chi connectivity index (χ0v) is 12.1. The minimum Gasteiger partial charge on any atom is -0.353 e. The number of rotatable bonds is 5. The molecule has 0 aromatic rings. The van der Waals surface area contributed by atoms with Gasteiger partial charge in [-0.1, -0.05) is 22.9 Å². The Kier molecular flexibility index (Phi) is 6.40. The number of alkyl halides is 1. The van der Waals surface area contributed by atoms with Gasteiger partial charge >= 0.3 is 0 Å². The Morgan fingerprint density at radius 3 is 2.56 bits per heavy atom. The predicted octanol–water partition coefficient (Wildman–Crippen LogP) is 3.49. The summed E-state index contributed by atoms with van der Waals surface area (Å²) in [7, 11) is 0. The van der Waals surface area contributed by atoms with E-state index < -0.39 is 0 Å². The summed E-state index contributed by atoms with van der Waals surface area (Å²) in [5.41, 5.74) is 0. The minimum atomic E-state index is 0.280. The zero-order valence-electron chi connectivity index (χ0n) is 10.5. The highest BCUT2D eigenvalue weighted by Crippen LogP contribution is 2.28. The van der Waals surface area contributed by atoms with Crippen LogP contribution < -0.4 is 5.32 Å². The molecule has 0 radical (unpaired) electrons. The second-order valence-electron chi connectivity index (χ2n) is 5.20. The number of hydrogen-bond acceptors (Lipinski definition) is 1. The number of hydrogen-bond donors (Lipinski definition) is 1. The molecule has 1 aliphatic rings. The first-order valence-corrected chi connectivity index (χ1v) is 7.62. The summed E-state index contributed by atoms with van der Waals surface area (Å²) >= 11 is 3.41. The van der Waals surface area contributed by atoms with E-state index >= 15 is 0 Å². The lowest BCUT2D eigenvalue weighted by Crippen LogP contribution is -2.38. The van der Waals surface area contributed by atoms with Crippen molar-refractivity contribution in [1.29, 1.82) is 0 Å². The van der Waals surface area contributed by atoms with E-state index in [9.17, 15) is 4.79 Å². The Balaban J connectivity index is 2.23. The lowest BCUT2D eigenvalue weighted by atomic mass is 9.82. The Morgan fingerprint density at radius 1 is 1.38 bits per heavy atom. The van der Waals surface area contributed by atoms with Gasteiger partial charge in [0.25, 0.3) is 0 Å². The van der Waals surface area contributed by atoms with E-state index in [0.717, 1.165) is 36.9 Å². The third-order valence-electron chi connectivity index (χ3n) is 3.55. The van der Waals surface area contributed by atoms with Gasteiger partial charge in [-0.05, 0) is 51.4 Å². The molecule has 0 saturated heterocycles. The van der Waals surface area contributed by atoms with Gasteiger partial charge in [0, 0.05) is 17.3 Å². The van der Waals surface area contributed by atoms with Crippen LogP contribution in [0.25, 0.3) is 0 Å². The molecule has 2 nitrogen and oxygen atoms in total. The van der Waals surface area contributed by atoms with E-state index in [0.29, 0.717) is 6.04 Å². The average Bonchev–Trinajstić information content (AvgIpc) is 2.27. The summed E-state index contributed by atoms with van der Waals surface area (Å²) in [6, 6.07) is 0.324. The van der Waals surface area contributed by atoms with E-state index in [4.69, 9.17) is 0 Å². The molecular weight excluding hydrogens is 266 g/mol. The molecule has 0 heterocycles. The third kappa shape index (κ3) is 4.86. The molecule has 1 fully saturated rings. The average molecular weight is 290 g/mol. The quantitative estimate of drug-likeness (QED) is 0.772. The van der Waals surface area contributed by atoms with Gasteiger partial charge in [-0.2, -0.15) is 0 Å². The van der Waals surface area contributed by atoms with Crippen LogP contribution in [0.15, 0.2) is 0 Å². The summed E-state index contributed by atoms with van der Waals surface area (Å²) in [6.45, 7) is 4.39. The zero-order chi connectivity index (χ0) is 12.0. The van der Waals surface area contributed by atoms with Crippen LogP contribution >= 0.6 is 15.9 Å². The summed E-state index contributed by atoms with van der Waals surface area (Å²) in [4.78, 5) is 12.0. The smallest absolute Gasteiger partial charge is 0.223 e. The van der Waals surface area contributed by atoms with Crippen molar-refractivity contribution in [3.8, 4) is 0 Å². The molecule has 0 aromatic heterocycles. The standard InChI is InChI=1S/C13H24BrNO/c1-10-5-7-12(8-6-10)13(16)15-11(2)4-3-9-14/h10-12H,3-9H2,1-2H3,(H,15,16). The highest BCUT2D eigenvalue weighted by Gasteiger charge is 2.24. The van der Waals surface area contributed by atoms with Gasteiger partial charge in [0.2, 0.25) is 5.91 Å². The number of carbonyl (C=O) groups is 1. The van der Waals surface area contributed by atoms with E-state index in [1.165, 1.54) is 12.8 Å². The van der Waals surface area contributed by atoms with Crippen molar-refractivity contribution in [2.24, 2.45) is 11.8 Å². The van der Waals surface area contributed by atoms with Crippen LogP contribution in [-0.2, 0) is 4.79 Å². The van der Waals surface area contributed by atoms with Gasteiger partial charge in [0.15, 0.2) is 0 Å². The molecule has 1 N–H and O–H groups in total. The van der Waals surface area contributed by atoms with Gasteiger partial charge in [-0.3, -0.25) is 4.79 Å². The molecule has 1 atom stereocenters. The predicted molar refractivity (Wildman–Crippen MR) is 71.8 cm³/mol. The van der Waals surface area contributed by atoms with Crippen molar-refractivity contribution < 1.29 is 4.79 Å². The molecule has 1 amide bonds. The molecule has 1 rings (SSSR count). The SMILES string of the molecule is CC1CCC(C(=O)NC(C)CCCBr)CC1. The molecule has 0 aromatic carbocycles. The second-order valence-corrected chi connectivity index (χ2v) is 5.99. The maximum absolute atomic E-state index is 12.0. The molecular formula is C13H24BrNO. The lowest BCUT2D eigenvalue weighted by molar-refractivity contribution is -0.126. The van der Waals surface area contributed by atoms with Crippen LogP contribution in [0.4, 0.5) is 0 Å². The van der Waals surface area contributed by atoms with E-state index in [2.05, 4.69) is 35.1 Å². The van der Waals surface area contributed by atoms with Crippen molar-refractivity contribution in [1.82, 2.24) is 5.32 Å². The normalized spacial score (nSPS) is 27.4. The van der Waals surface area contributed by atoms with Gasteiger partial charge in [0.05, 0.1) is 0 Å². The lowest BCUT2D eigenvalue weighted by Gasteiger charge is -2.26. The fourth-order valence-electron chi connectivity index (χ4n) is 2.34. The first kappa shape index (κ1) is 14.0. The molecule has 0 bridgehead atoms. The number of nitrogens with one attached hydrogen (secondary N) is 1. The Labute approximate surface area is 108 Å². The van der Waals surface area contributed by atoms with Crippen LogP contribution in [0.2, 0.25) is 0 Å². The minimum absolute atomic E-state index is 0.280. The number of halogens is 1. The van der Waals surface area contributed by atoms with E-state index in [-0.39, 0.29) is 11.8 Å². The highest BCUT2D eigenvalue weighted by molar-refractivity contribution is 9.09. The largest absolute Gasteiger partial charge is 0.353 e. The number of carbonyl (C=O) groups excluding carboxylic acids is 1. The molecule has 94 valence electrons. The second kappa shape index (κ2) is 7.31. The van der Waals surface area contributed by atoms with Crippen molar-refractivity contribution in [2.75, 3.05) is 5.33 Å². The van der Waals surface area contributed by atoms with Gasteiger partial charge in [0.1, 0.15) is 0 Å². The van der Waals surface area contributed by atoms with Gasteiger partial charge in [-0.15, -0.1) is 0 Å². The third-order valence-corrected chi connectivity index (χ3v) is 4.11. The topological polar surface area (TPSA) is 29.1 Å². The fourth-order valence-corrected chi connectivity index (χ4v) is 2.66. The number of amides is 1. The summed E-state index contributed by atoms with van der Waals surface area (Å²) in [5, 5.41) is 4.16. The van der Waals surface area contributed by atoms with Crippen molar-refractivity contribution in [3.63, 3.8) is 0 Å². The maximum atomic E-state index is 12.0. The van der Waals surface area contributed by atoms with Crippen LogP contribution in [0.3, 0.4) is 0 Å². The monoisotopic (exact) mass is 289 g/mol. The molecule has 1 saturated carbocycles. The summed E-state index contributed by atoms with van der Waals surface area (Å²) in [5.74, 6) is 1.38. The van der Waals surface area contributed by atoms with E-state index in [1.807, 2.05) is 0 Å². The molecule has 1 unspecified atom stereocenters. The van der Waals surface area contributed by atoms with E-state index in [1.54, 1.807) is 0 Å². The summed E-state index contributed by atoms with van der Waals surface area (Å²) < 4.78 is 0. The van der Waals surface area contributed by atoms with Crippen molar-refractivity contribution in [3.05, 3.63) is 0 Å². The van der Waals surface area contributed by atoms with Crippen molar-refractivity contribution >= 4 is 21.8 Å². The molecule has 0 spiro atoms. The molecule has 3 heteroatoms. The Hall–Kier alpha value is -0.0500. The van der Waals surface area contributed by atoms with Gasteiger partial charge < -0.3 is 5.32 Å². The first-order chi connectivity index (χ1) is 7.63. The van der Waals surface area contributed by atoms with Crippen LogP contribution in [0, 0.1) is 11.8 Å². The Bertz CT molecular complexity index is 212. The van der Waals surface area contributed by atoms with Gasteiger partial charge in [-0.25, -0.2) is 0 Å². The maximum Gasteiger partial charge on any atom is 0.223 e. The Morgan fingerprint density at radius 2 is 2.00 bits per heavy atom. The van der Waals surface area contributed by atoms with Crippen LogP contribution in [-0.4, -0.2) is 17.3 Å². The first-order valence-electron chi connectivity index (χ1n) is 6.49.